The van der Waals surface area contributed by atoms with Gasteiger partial charge in [0, 0.05) is 32.2 Å². The summed E-state index contributed by atoms with van der Waals surface area (Å²) in [6.45, 7) is 4.47. The Hall–Kier alpha value is -0.510. The summed E-state index contributed by atoms with van der Waals surface area (Å²) in [7, 11) is 2.03. The first-order valence-corrected chi connectivity index (χ1v) is 7.26. The minimum Gasteiger partial charge on any atom is -0.357 e. The molecule has 2 rings (SSSR count). The molecule has 1 aliphatic rings. The fraction of sp³-hybridized carbons (Fsp3) is 0.615. The molecule has 1 aromatic rings. The van der Waals surface area contributed by atoms with Crippen LogP contribution in [0.5, 0.6) is 0 Å². The summed E-state index contributed by atoms with van der Waals surface area (Å²) in [5.74, 6) is 1.29. The van der Waals surface area contributed by atoms with Gasteiger partial charge in [-0.1, -0.05) is 11.6 Å². The van der Waals surface area contributed by atoms with Crippen molar-refractivity contribution in [3.63, 3.8) is 0 Å². The summed E-state index contributed by atoms with van der Waals surface area (Å²) in [6, 6.07) is 1.89. The number of likely N-dealkylation sites (tertiary alicyclic amines) is 1. The number of aromatic nitrogens is 1. The van der Waals surface area contributed by atoms with Gasteiger partial charge in [0.2, 0.25) is 0 Å². The lowest BCUT2D eigenvalue weighted by Gasteiger charge is -2.23. The topological polar surface area (TPSA) is 19.4 Å². The van der Waals surface area contributed by atoms with Crippen molar-refractivity contribution in [2.75, 3.05) is 38.1 Å². The van der Waals surface area contributed by atoms with Crippen LogP contribution in [-0.2, 0) is 5.88 Å². The number of halogens is 2. The zero-order valence-electron chi connectivity index (χ0n) is 10.7. The van der Waals surface area contributed by atoms with E-state index in [1.165, 1.54) is 25.9 Å². The van der Waals surface area contributed by atoms with Gasteiger partial charge in [-0.25, -0.2) is 4.98 Å². The van der Waals surface area contributed by atoms with Crippen LogP contribution >= 0.6 is 23.2 Å². The van der Waals surface area contributed by atoms with E-state index in [4.69, 9.17) is 23.2 Å². The maximum absolute atomic E-state index is 6.22. The fourth-order valence-electron chi connectivity index (χ4n) is 2.23. The molecule has 0 amide bonds. The summed E-state index contributed by atoms with van der Waals surface area (Å²) >= 11 is 12.0. The molecule has 0 aromatic carbocycles. The third-order valence-corrected chi connectivity index (χ3v) is 3.93. The molecule has 0 radical (unpaired) electrons. The predicted octanol–water partition coefficient (Wildman–Crippen LogP) is 3.01. The van der Waals surface area contributed by atoms with Gasteiger partial charge in [-0.15, -0.1) is 11.6 Å². The average molecular weight is 288 g/mol. The van der Waals surface area contributed by atoms with Gasteiger partial charge in [0.25, 0.3) is 0 Å². The normalized spacial score (nSPS) is 16.2. The molecular weight excluding hydrogens is 269 g/mol. The van der Waals surface area contributed by atoms with Crippen molar-refractivity contribution in [2.24, 2.45) is 0 Å². The minimum absolute atomic E-state index is 0.449. The van der Waals surface area contributed by atoms with Crippen molar-refractivity contribution in [3.05, 3.63) is 22.8 Å². The lowest BCUT2D eigenvalue weighted by atomic mass is 10.3. The largest absolute Gasteiger partial charge is 0.357 e. The number of anilines is 1. The van der Waals surface area contributed by atoms with Crippen LogP contribution in [0.3, 0.4) is 0 Å². The van der Waals surface area contributed by atoms with E-state index in [9.17, 15) is 0 Å². The number of rotatable bonds is 5. The molecule has 18 heavy (non-hydrogen) atoms. The number of nitrogens with zero attached hydrogens (tertiary/aromatic N) is 3. The van der Waals surface area contributed by atoms with Gasteiger partial charge >= 0.3 is 0 Å². The Labute approximate surface area is 119 Å². The molecular formula is C13H19Cl2N3. The summed E-state index contributed by atoms with van der Waals surface area (Å²) in [5, 5.41) is 0.678. The molecule has 2 heterocycles. The van der Waals surface area contributed by atoms with Crippen molar-refractivity contribution in [3.8, 4) is 0 Å². The summed E-state index contributed by atoms with van der Waals surface area (Å²) in [5.41, 5.74) is 0.957. The van der Waals surface area contributed by atoms with Crippen LogP contribution in [0.1, 0.15) is 18.4 Å². The average Bonchev–Trinajstić information content (AvgIpc) is 2.88. The highest BCUT2D eigenvalue weighted by Gasteiger charge is 2.13. The van der Waals surface area contributed by atoms with Crippen LogP contribution in [0.25, 0.3) is 0 Å². The maximum Gasteiger partial charge on any atom is 0.147 e. The Balaban J connectivity index is 1.93. The molecule has 100 valence electrons. The van der Waals surface area contributed by atoms with Crippen LogP contribution in [0.2, 0.25) is 5.02 Å². The second kappa shape index (κ2) is 6.60. The lowest BCUT2D eigenvalue weighted by molar-refractivity contribution is 0.346. The van der Waals surface area contributed by atoms with Crippen LogP contribution < -0.4 is 4.90 Å². The zero-order chi connectivity index (χ0) is 13.0. The van der Waals surface area contributed by atoms with Gasteiger partial charge in [-0.05, 0) is 37.6 Å². The smallest absolute Gasteiger partial charge is 0.147 e. The Morgan fingerprint density at radius 1 is 1.39 bits per heavy atom. The first kappa shape index (κ1) is 13.9. The van der Waals surface area contributed by atoms with Crippen molar-refractivity contribution in [2.45, 2.75) is 18.7 Å². The van der Waals surface area contributed by atoms with Crippen molar-refractivity contribution >= 4 is 29.0 Å². The molecule has 0 spiro atoms. The van der Waals surface area contributed by atoms with Crippen LogP contribution in [0.4, 0.5) is 5.82 Å². The summed E-state index contributed by atoms with van der Waals surface area (Å²) in [6.07, 6.45) is 4.45. The van der Waals surface area contributed by atoms with E-state index in [1.54, 1.807) is 6.20 Å². The molecule has 3 nitrogen and oxygen atoms in total. The number of hydrogen-bond acceptors (Lipinski definition) is 3. The van der Waals surface area contributed by atoms with Gasteiger partial charge < -0.3 is 9.80 Å². The van der Waals surface area contributed by atoms with Crippen LogP contribution in [-0.4, -0.2) is 43.1 Å². The molecule has 1 fully saturated rings. The van der Waals surface area contributed by atoms with Crippen LogP contribution in [0.15, 0.2) is 12.3 Å². The van der Waals surface area contributed by atoms with E-state index >= 15 is 0 Å². The molecule has 5 heteroatoms. The molecule has 0 saturated carbocycles. The highest BCUT2D eigenvalue weighted by Crippen LogP contribution is 2.23. The van der Waals surface area contributed by atoms with Gasteiger partial charge in [-0.3, -0.25) is 0 Å². The third-order valence-electron chi connectivity index (χ3n) is 3.34. The van der Waals surface area contributed by atoms with E-state index in [-0.39, 0.29) is 0 Å². The van der Waals surface area contributed by atoms with E-state index in [0.717, 1.165) is 24.5 Å². The standard InChI is InChI=1S/C13H19Cl2N3/c1-17(6-7-18-4-2-3-5-18)13-12(15)8-11(9-14)10-16-13/h8,10H,2-7,9H2,1H3. The molecule has 0 aliphatic carbocycles. The SMILES string of the molecule is CN(CCN1CCCC1)c1ncc(CCl)cc1Cl. The molecule has 1 aliphatic heterocycles. The van der Waals surface area contributed by atoms with Gasteiger partial charge in [0.15, 0.2) is 0 Å². The van der Waals surface area contributed by atoms with Crippen LogP contribution in [0, 0.1) is 0 Å². The molecule has 0 N–H and O–H groups in total. The minimum atomic E-state index is 0.449. The van der Waals surface area contributed by atoms with E-state index in [1.807, 2.05) is 13.1 Å². The molecule has 1 saturated heterocycles. The number of likely N-dealkylation sites (N-methyl/N-ethyl adjacent to an activating group) is 1. The van der Waals surface area contributed by atoms with Crippen molar-refractivity contribution < 1.29 is 0 Å². The first-order valence-electron chi connectivity index (χ1n) is 6.34. The van der Waals surface area contributed by atoms with E-state index in [0.29, 0.717) is 10.9 Å². The Bertz CT molecular complexity index is 392. The maximum atomic E-state index is 6.22. The predicted molar refractivity (Wildman–Crippen MR) is 77.7 cm³/mol. The van der Waals surface area contributed by atoms with Gasteiger partial charge in [0.05, 0.1) is 5.02 Å². The Morgan fingerprint density at radius 3 is 2.72 bits per heavy atom. The van der Waals surface area contributed by atoms with Gasteiger partial charge in [-0.2, -0.15) is 0 Å². The highest BCUT2D eigenvalue weighted by atomic mass is 35.5. The highest BCUT2D eigenvalue weighted by molar-refractivity contribution is 6.33. The van der Waals surface area contributed by atoms with Crippen molar-refractivity contribution in [1.82, 2.24) is 9.88 Å². The van der Waals surface area contributed by atoms with Gasteiger partial charge in [0.1, 0.15) is 5.82 Å². The van der Waals surface area contributed by atoms with Crippen molar-refractivity contribution in [1.29, 1.82) is 0 Å². The number of hydrogen-bond donors (Lipinski definition) is 0. The molecule has 1 aromatic heterocycles. The second-order valence-corrected chi connectivity index (χ2v) is 5.43. The molecule has 0 bridgehead atoms. The monoisotopic (exact) mass is 287 g/mol. The quantitative estimate of drug-likeness (QED) is 0.776. The summed E-state index contributed by atoms with van der Waals surface area (Å²) in [4.78, 5) is 8.98. The fourth-order valence-corrected chi connectivity index (χ4v) is 2.71. The molecule has 0 unspecified atom stereocenters. The Morgan fingerprint density at radius 2 is 2.11 bits per heavy atom. The molecule has 0 atom stereocenters. The summed E-state index contributed by atoms with van der Waals surface area (Å²) < 4.78 is 0. The third kappa shape index (κ3) is 3.50. The first-order chi connectivity index (χ1) is 8.70. The second-order valence-electron chi connectivity index (χ2n) is 4.75. The zero-order valence-corrected chi connectivity index (χ0v) is 12.2. The Kier molecular flexibility index (Phi) is 5.10. The number of alkyl halides is 1. The van der Waals surface area contributed by atoms with E-state index in [2.05, 4.69) is 14.8 Å². The van der Waals surface area contributed by atoms with E-state index < -0.39 is 0 Å². The lowest BCUT2D eigenvalue weighted by Crippen LogP contribution is -2.31. The number of pyridine rings is 1.